The maximum atomic E-state index is 12.8. The van der Waals surface area contributed by atoms with E-state index in [1.165, 1.54) is 89.9 Å². The molecule has 0 rings (SSSR count). The van der Waals surface area contributed by atoms with E-state index < -0.39 is 18.1 Å². The van der Waals surface area contributed by atoms with Crippen molar-refractivity contribution in [2.75, 3.05) is 41.0 Å². The third kappa shape index (κ3) is 43.5. The lowest BCUT2D eigenvalue weighted by Gasteiger charge is -2.34. The van der Waals surface area contributed by atoms with Crippen molar-refractivity contribution in [1.82, 2.24) is 0 Å². The molecule has 0 amide bonds. The van der Waals surface area contributed by atoms with Gasteiger partial charge in [-0.1, -0.05) is 201 Å². The molecule has 0 aromatic rings. The van der Waals surface area contributed by atoms with E-state index in [2.05, 4.69) is 50.3 Å². The fourth-order valence-electron chi connectivity index (χ4n) is 6.96. The Morgan fingerprint density at radius 3 is 1.44 bits per heavy atom. The molecule has 0 aliphatic carbocycles. The fraction of sp³-hybridized carbons (Fsp3) is 0.661. The van der Waals surface area contributed by atoms with Crippen LogP contribution in [0.25, 0.3) is 0 Å². The molecule has 0 saturated carbocycles. The van der Waals surface area contributed by atoms with Gasteiger partial charge in [-0.2, -0.15) is 0 Å². The van der Waals surface area contributed by atoms with E-state index in [1.54, 1.807) is 21.1 Å². The highest BCUT2D eigenvalue weighted by Crippen LogP contribution is 2.14. The molecule has 8 heteroatoms. The molecule has 0 bridgehead atoms. The van der Waals surface area contributed by atoms with Crippen LogP contribution in [0.2, 0.25) is 0 Å². The highest BCUT2D eigenvalue weighted by molar-refractivity contribution is 5.70. The smallest absolute Gasteiger partial charge is 0.306 e. The van der Waals surface area contributed by atoms with Gasteiger partial charge >= 0.3 is 11.9 Å². The van der Waals surface area contributed by atoms with Crippen molar-refractivity contribution in [3.63, 3.8) is 0 Å². The zero-order valence-corrected chi connectivity index (χ0v) is 41.4. The Bertz CT molecular complexity index is 1360. The first-order chi connectivity index (χ1) is 31.1. The maximum Gasteiger partial charge on any atom is 0.306 e. The standard InChI is InChI=1S/C56H93NO7/c1-6-8-10-12-14-16-18-20-22-24-25-26-27-28-29-31-32-34-36-38-40-42-44-46-54(58)63-51-52(50-62-49-48-53(56(60)61)57(3,4)5)64-55(59)47-45-43-41-39-37-35-33-30-23-21-19-17-15-13-11-9-7-2/h9,11,13,15,17,19,21,23,25-26,28-30,33,35,37,52-53H,6-8,10,12,14,16,18,20,22,24,27,31-32,34,36,38-51H2,1-5H3/b11-9+,15-13+,19-17+,23-21+,26-25+,29-28+,33-30+,37-35+. The predicted molar refractivity (Wildman–Crippen MR) is 268 cm³/mol. The van der Waals surface area contributed by atoms with E-state index in [9.17, 15) is 19.5 Å². The Morgan fingerprint density at radius 2 is 0.938 bits per heavy atom. The topological polar surface area (TPSA) is 102 Å². The summed E-state index contributed by atoms with van der Waals surface area (Å²) in [5.74, 6) is -1.81. The van der Waals surface area contributed by atoms with Crippen LogP contribution in [0.5, 0.6) is 0 Å². The zero-order valence-electron chi connectivity index (χ0n) is 41.4. The Kier molecular flexibility index (Phi) is 43.1. The lowest BCUT2D eigenvalue weighted by molar-refractivity contribution is -0.889. The van der Waals surface area contributed by atoms with Crippen molar-refractivity contribution in [3.8, 4) is 0 Å². The van der Waals surface area contributed by atoms with Gasteiger partial charge in [-0.15, -0.1) is 0 Å². The minimum atomic E-state index is -1.14. The molecule has 364 valence electrons. The van der Waals surface area contributed by atoms with E-state index in [0.717, 1.165) is 57.8 Å². The zero-order chi connectivity index (χ0) is 47.0. The summed E-state index contributed by atoms with van der Waals surface area (Å²) in [4.78, 5) is 37.0. The van der Waals surface area contributed by atoms with Crippen LogP contribution >= 0.6 is 0 Å². The van der Waals surface area contributed by atoms with Crippen molar-refractivity contribution in [2.45, 2.75) is 199 Å². The number of rotatable bonds is 44. The van der Waals surface area contributed by atoms with Gasteiger partial charge in [0.05, 0.1) is 40.3 Å². The summed E-state index contributed by atoms with van der Waals surface area (Å²) < 4.78 is 17.2. The molecule has 0 spiro atoms. The highest BCUT2D eigenvalue weighted by Gasteiger charge is 2.25. The van der Waals surface area contributed by atoms with Gasteiger partial charge in [-0.25, -0.2) is 0 Å². The first kappa shape index (κ1) is 60.2. The first-order valence-corrected chi connectivity index (χ1v) is 25.3. The molecule has 0 aromatic carbocycles. The quantitative estimate of drug-likeness (QED) is 0.0197. The number of nitrogens with zero attached hydrogens (tertiary/aromatic N) is 1. The van der Waals surface area contributed by atoms with Crippen LogP contribution in [0.3, 0.4) is 0 Å². The van der Waals surface area contributed by atoms with Crippen LogP contribution in [0, 0.1) is 0 Å². The van der Waals surface area contributed by atoms with Crippen molar-refractivity contribution >= 4 is 17.9 Å². The lowest BCUT2D eigenvalue weighted by Crippen LogP contribution is -2.55. The molecule has 8 nitrogen and oxygen atoms in total. The summed E-state index contributed by atoms with van der Waals surface area (Å²) >= 11 is 0. The number of carboxylic acid groups (broad SMARTS) is 1. The average molecular weight is 892 g/mol. The number of likely N-dealkylation sites (N-methyl/N-ethyl adjacent to an activating group) is 1. The minimum Gasteiger partial charge on any atom is -0.544 e. The van der Waals surface area contributed by atoms with Gasteiger partial charge in [0, 0.05) is 19.3 Å². The fourth-order valence-corrected chi connectivity index (χ4v) is 6.96. The van der Waals surface area contributed by atoms with Crippen LogP contribution < -0.4 is 5.11 Å². The third-order valence-electron chi connectivity index (χ3n) is 10.9. The van der Waals surface area contributed by atoms with Gasteiger partial charge in [-0.05, 0) is 64.2 Å². The Hall–Kier alpha value is -3.75. The molecule has 0 heterocycles. The van der Waals surface area contributed by atoms with Crippen molar-refractivity contribution in [1.29, 1.82) is 0 Å². The second-order valence-electron chi connectivity index (χ2n) is 17.8. The summed E-state index contributed by atoms with van der Waals surface area (Å²) in [5, 5.41) is 11.7. The van der Waals surface area contributed by atoms with Crippen LogP contribution in [0.4, 0.5) is 0 Å². The minimum absolute atomic E-state index is 0.0136. The van der Waals surface area contributed by atoms with E-state index in [4.69, 9.17) is 14.2 Å². The average Bonchev–Trinajstić information content (AvgIpc) is 3.26. The Labute approximate surface area is 392 Å². The van der Waals surface area contributed by atoms with Crippen molar-refractivity contribution < 1.29 is 38.2 Å². The number of carbonyl (C=O) groups is 3. The van der Waals surface area contributed by atoms with Gasteiger partial charge in [0.15, 0.2) is 6.10 Å². The van der Waals surface area contributed by atoms with Gasteiger partial charge in [0.25, 0.3) is 0 Å². The van der Waals surface area contributed by atoms with Crippen LogP contribution in [0.15, 0.2) is 97.2 Å². The summed E-state index contributed by atoms with van der Waals surface area (Å²) in [6.45, 7) is 4.46. The summed E-state index contributed by atoms with van der Waals surface area (Å²) in [6.07, 6.45) is 61.6. The number of hydrogen-bond donors (Lipinski definition) is 0. The number of ether oxygens (including phenoxy) is 3. The van der Waals surface area contributed by atoms with Crippen LogP contribution in [-0.4, -0.2) is 75.5 Å². The summed E-state index contributed by atoms with van der Waals surface area (Å²) in [7, 11) is 5.38. The van der Waals surface area contributed by atoms with E-state index in [1.807, 2.05) is 60.8 Å². The monoisotopic (exact) mass is 892 g/mol. The molecule has 0 radical (unpaired) electrons. The molecule has 64 heavy (non-hydrogen) atoms. The molecular weight excluding hydrogens is 799 g/mol. The SMILES string of the molecule is CC/C=C/C=C/C=C/C=C/C=C/C=C/CCCCCC(=O)OC(COCCC(C(=O)[O-])[N+](C)(C)C)COC(=O)CCCCCCCCC/C=C/C/C=C/CCCCCCCCCCC. The van der Waals surface area contributed by atoms with E-state index in [0.29, 0.717) is 12.8 Å². The van der Waals surface area contributed by atoms with E-state index >= 15 is 0 Å². The van der Waals surface area contributed by atoms with Gasteiger partial charge in [0.1, 0.15) is 12.6 Å². The summed E-state index contributed by atoms with van der Waals surface area (Å²) in [5.41, 5.74) is 0. The number of hydrogen-bond acceptors (Lipinski definition) is 7. The number of carboxylic acids is 1. The molecular formula is C56H93NO7. The van der Waals surface area contributed by atoms with Gasteiger partial charge in [-0.3, -0.25) is 9.59 Å². The normalized spacial score (nSPS) is 13.7. The summed E-state index contributed by atoms with van der Waals surface area (Å²) in [6, 6.07) is -0.742. The Morgan fingerprint density at radius 1 is 0.500 bits per heavy atom. The lowest BCUT2D eigenvalue weighted by atomic mass is 10.1. The Balaban J connectivity index is 4.34. The molecule has 0 saturated heterocycles. The molecule has 2 atom stereocenters. The number of carbonyl (C=O) groups excluding carboxylic acids is 3. The first-order valence-electron chi connectivity index (χ1n) is 25.3. The molecule has 0 fully saturated rings. The number of quaternary nitrogens is 1. The van der Waals surface area contributed by atoms with Crippen molar-refractivity contribution in [3.05, 3.63) is 97.2 Å². The number of unbranched alkanes of at least 4 members (excludes halogenated alkanes) is 19. The number of aliphatic carboxylic acids is 1. The van der Waals surface area contributed by atoms with Crippen molar-refractivity contribution in [2.24, 2.45) is 0 Å². The van der Waals surface area contributed by atoms with Crippen LogP contribution in [0.1, 0.15) is 187 Å². The number of esters is 2. The third-order valence-corrected chi connectivity index (χ3v) is 10.9. The molecule has 0 aromatic heterocycles. The molecule has 0 N–H and O–H groups in total. The van der Waals surface area contributed by atoms with E-state index in [-0.39, 0.29) is 49.1 Å². The maximum absolute atomic E-state index is 12.8. The second-order valence-corrected chi connectivity index (χ2v) is 17.8. The molecule has 0 aliphatic heterocycles. The highest BCUT2D eigenvalue weighted by atomic mass is 16.6. The number of allylic oxidation sites excluding steroid dienone is 16. The molecule has 2 unspecified atom stereocenters. The van der Waals surface area contributed by atoms with Gasteiger partial charge < -0.3 is 28.6 Å². The second kappa shape index (κ2) is 45.8. The van der Waals surface area contributed by atoms with Gasteiger partial charge in [0.2, 0.25) is 0 Å². The largest absolute Gasteiger partial charge is 0.544 e. The van der Waals surface area contributed by atoms with Crippen LogP contribution in [-0.2, 0) is 28.6 Å². The molecule has 0 aliphatic rings. The predicted octanol–water partition coefficient (Wildman–Crippen LogP) is 13.3.